The number of fused-ring (bicyclic) bond motifs is 1. The monoisotopic (exact) mass is 355 g/mol. The molecule has 0 aliphatic carbocycles. The van der Waals surface area contributed by atoms with Crippen LogP contribution in [0.1, 0.15) is 25.3 Å². The smallest absolute Gasteiger partial charge is 0.303 e. The van der Waals surface area contributed by atoms with Crippen molar-refractivity contribution in [3.8, 4) is 5.75 Å². The van der Waals surface area contributed by atoms with Crippen LogP contribution in [0.2, 0.25) is 0 Å². The van der Waals surface area contributed by atoms with E-state index < -0.39 is 5.97 Å². The van der Waals surface area contributed by atoms with Gasteiger partial charge in [0, 0.05) is 13.0 Å². The standard InChI is InChI=1S/C18H21N5O3/c1-2-26-14-6-3-5-13(9-14)11-23-18-15(10-22-23)17(20-12-21-18)19-8-4-7-16(24)25/h3,5-6,9-10,12H,2,4,7-8,11H2,1H3,(H,24,25)(H,19,20,21). The van der Waals surface area contributed by atoms with Crippen molar-refractivity contribution in [2.24, 2.45) is 0 Å². The summed E-state index contributed by atoms with van der Waals surface area (Å²) in [5.41, 5.74) is 1.79. The number of aliphatic carboxylic acids is 1. The van der Waals surface area contributed by atoms with Crippen LogP contribution in [-0.4, -0.2) is 44.0 Å². The molecule has 3 aromatic rings. The quantitative estimate of drug-likeness (QED) is 0.569. The summed E-state index contributed by atoms with van der Waals surface area (Å²) in [4.78, 5) is 19.2. The zero-order valence-electron chi connectivity index (χ0n) is 14.6. The van der Waals surface area contributed by atoms with Crippen molar-refractivity contribution in [1.29, 1.82) is 0 Å². The molecule has 2 N–H and O–H groups in total. The van der Waals surface area contributed by atoms with Gasteiger partial charge in [0.1, 0.15) is 17.9 Å². The zero-order valence-corrected chi connectivity index (χ0v) is 14.6. The number of benzene rings is 1. The van der Waals surface area contributed by atoms with Crippen molar-refractivity contribution in [1.82, 2.24) is 19.7 Å². The highest BCUT2D eigenvalue weighted by Crippen LogP contribution is 2.20. The number of rotatable bonds is 9. The minimum Gasteiger partial charge on any atom is -0.494 e. The summed E-state index contributed by atoms with van der Waals surface area (Å²) in [6, 6.07) is 7.89. The van der Waals surface area contributed by atoms with Crippen molar-refractivity contribution in [3.05, 3.63) is 42.4 Å². The fraction of sp³-hybridized carbons (Fsp3) is 0.333. The summed E-state index contributed by atoms with van der Waals surface area (Å²) in [7, 11) is 0. The third-order valence-corrected chi connectivity index (χ3v) is 3.84. The second kappa shape index (κ2) is 8.28. The van der Waals surface area contributed by atoms with Crippen LogP contribution in [0.4, 0.5) is 5.82 Å². The first-order valence-corrected chi connectivity index (χ1v) is 8.51. The van der Waals surface area contributed by atoms with Crippen LogP contribution in [0.25, 0.3) is 11.0 Å². The first kappa shape index (κ1) is 17.7. The molecule has 0 unspecified atom stereocenters. The van der Waals surface area contributed by atoms with Gasteiger partial charge in [0.25, 0.3) is 0 Å². The number of anilines is 1. The van der Waals surface area contributed by atoms with Gasteiger partial charge >= 0.3 is 5.97 Å². The van der Waals surface area contributed by atoms with E-state index in [4.69, 9.17) is 9.84 Å². The molecule has 0 bridgehead atoms. The summed E-state index contributed by atoms with van der Waals surface area (Å²) >= 11 is 0. The van der Waals surface area contributed by atoms with Crippen molar-refractivity contribution >= 4 is 22.8 Å². The predicted octanol–water partition coefficient (Wildman–Crippen LogP) is 2.55. The van der Waals surface area contributed by atoms with E-state index in [-0.39, 0.29) is 6.42 Å². The molecule has 0 aliphatic rings. The number of hydrogen-bond donors (Lipinski definition) is 2. The maximum atomic E-state index is 10.6. The van der Waals surface area contributed by atoms with Crippen LogP contribution in [0.3, 0.4) is 0 Å². The van der Waals surface area contributed by atoms with Gasteiger partial charge in [0.15, 0.2) is 5.65 Å². The number of hydrogen-bond acceptors (Lipinski definition) is 6. The van der Waals surface area contributed by atoms with E-state index >= 15 is 0 Å². The number of carboxylic acid groups (broad SMARTS) is 1. The molecule has 26 heavy (non-hydrogen) atoms. The summed E-state index contributed by atoms with van der Waals surface area (Å²) in [5, 5.41) is 17.1. The summed E-state index contributed by atoms with van der Waals surface area (Å²) < 4.78 is 7.35. The molecule has 0 fully saturated rings. The van der Waals surface area contributed by atoms with Crippen LogP contribution >= 0.6 is 0 Å². The van der Waals surface area contributed by atoms with E-state index in [9.17, 15) is 4.79 Å². The molecule has 136 valence electrons. The molecule has 1 aromatic carbocycles. The van der Waals surface area contributed by atoms with Crippen LogP contribution in [0.5, 0.6) is 5.75 Å². The van der Waals surface area contributed by atoms with Gasteiger partial charge in [-0.3, -0.25) is 4.79 Å². The Morgan fingerprint density at radius 1 is 1.35 bits per heavy atom. The van der Waals surface area contributed by atoms with E-state index in [1.54, 1.807) is 6.20 Å². The Bertz CT molecular complexity index is 893. The Morgan fingerprint density at radius 3 is 3.04 bits per heavy atom. The van der Waals surface area contributed by atoms with Gasteiger partial charge in [-0.15, -0.1) is 0 Å². The lowest BCUT2D eigenvalue weighted by atomic mass is 10.2. The second-order valence-electron chi connectivity index (χ2n) is 5.77. The number of nitrogens with zero attached hydrogens (tertiary/aromatic N) is 4. The molecule has 0 radical (unpaired) electrons. The largest absolute Gasteiger partial charge is 0.494 e. The predicted molar refractivity (Wildman–Crippen MR) is 97.4 cm³/mol. The third kappa shape index (κ3) is 4.27. The Hall–Kier alpha value is -3.16. The molecule has 0 saturated heterocycles. The van der Waals surface area contributed by atoms with Gasteiger partial charge in [0.05, 0.1) is 24.7 Å². The van der Waals surface area contributed by atoms with Crippen molar-refractivity contribution < 1.29 is 14.6 Å². The number of carboxylic acids is 1. The van der Waals surface area contributed by atoms with E-state index in [1.165, 1.54) is 6.33 Å². The number of carbonyl (C=O) groups is 1. The van der Waals surface area contributed by atoms with Crippen LogP contribution in [0, 0.1) is 0 Å². The van der Waals surface area contributed by atoms with Crippen molar-refractivity contribution in [2.45, 2.75) is 26.3 Å². The van der Waals surface area contributed by atoms with Crippen LogP contribution in [0.15, 0.2) is 36.8 Å². The maximum absolute atomic E-state index is 10.6. The van der Waals surface area contributed by atoms with Crippen molar-refractivity contribution in [3.63, 3.8) is 0 Å². The first-order chi connectivity index (χ1) is 12.7. The molecule has 8 heteroatoms. The lowest BCUT2D eigenvalue weighted by Crippen LogP contribution is -2.07. The molecule has 0 amide bonds. The molecule has 0 aliphatic heterocycles. The highest BCUT2D eigenvalue weighted by Gasteiger charge is 2.10. The SMILES string of the molecule is CCOc1cccc(Cn2ncc3c(NCCCC(=O)O)ncnc32)c1. The Balaban J connectivity index is 1.75. The van der Waals surface area contributed by atoms with Gasteiger partial charge in [-0.05, 0) is 31.0 Å². The van der Waals surface area contributed by atoms with Gasteiger partial charge in [-0.1, -0.05) is 12.1 Å². The molecule has 0 spiro atoms. The highest BCUT2D eigenvalue weighted by atomic mass is 16.5. The Kier molecular flexibility index (Phi) is 5.62. The zero-order chi connectivity index (χ0) is 18.4. The van der Waals surface area contributed by atoms with Gasteiger partial charge in [-0.25, -0.2) is 14.6 Å². The third-order valence-electron chi connectivity index (χ3n) is 3.84. The highest BCUT2D eigenvalue weighted by molar-refractivity contribution is 5.86. The van der Waals surface area contributed by atoms with E-state index in [1.807, 2.05) is 35.9 Å². The minimum atomic E-state index is -0.804. The van der Waals surface area contributed by atoms with Gasteiger partial charge < -0.3 is 15.2 Å². The average molecular weight is 355 g/mol. The number of nitrogens with one attached hydrogen (secondary N) is 1. The number of ether oxygens (including phenoxy) is 1. The topological polar surface area (TPSA) is 102 Å². The second-order valence-corrected chi connectivity index (χ2v) is 5.77. The van der Waals surface area contributed by atoms with Gasteiger partial charge in [-0.2, -0.15) is 5.10 Å². The summed E-state index contributed by atoms with van der Waals surface area (Å²) in [6.07, 6.45) is 3.85. The molecule has 3 rings (SSSR count). The first-order valence-electron chi connectivity index (χ1n) is 8.51. The number of aromatic nitrogens is 4. The molecular formula is C18H21N5O3. The summed E-state index contributed by atoms with van der Waals surface area (Å²) in [6.45, 7) is 3.67. The lowest BCUT2D eigenvalue weighted by molar-refractivity contribution is -0.137. The van der Waals surface area contributed by atoms with Crippen molar-refractivity contribution in [2.75, 3.05) is 18.5 Å². The molecule has 0 saturated carbocycles. The molecule has 2 aromatic heterocycles. The van der Waals surface area contributed by atoms with Crippen LogP contribution < -0.4 is 10.1 Å². The molecular weight excluding hydrogens is 334 g/mol. The van der Waals surface area contributed by atoms with E-state index in [0.29, 0.717) is 31.9 Å². The minimum absolute atomic E-state index is 0.122. The summed E-state index contributed by atoms with van der Waals surface area (Å²) in [5.74, 6) is 0.688. The van der Waals surface area contributed by atoms with Crippen LogP contribution in [-0.2, 0) is 11.3 Å². The molecule has 2 heterocycles. The van der Waals surface area contributed by atoms with Gasteiger partial charge in [0.2, 0.25) is 0 Å². The molecule has 8 nitrogen and oxygen atoms in total. The van der Waals surface area contributed by atoms with E-state index in [2.05, 4.69) is 20.4 Å². The maximum Gasteiger partial charge on any atom is 0.303 e. The average Bonchev–Trinajstić information content (AvgIpc) is 3.03. The fourth-order valence-electron chi connectivity index (χ4n) is 2.67. The molecule has 0 atom stereocenters. The fourth-order valence-corrected chi connectivity index (χ4v) is 2.67. The Morgan fingerprint density at radius 2 is 2.23 bits per heavy atom. The Labute approximate surface area is 150 Å². The van der Waals surface area contributed by atoms with E-state index in [0.717, 1.165) is 22.3 Å². The lowest BCUT2D eigenvalue weighted by Gasteiger charge is -2.08. The normalized spacial score (nSPS) is 10.8.